The highest BCUT2D eigenvalue weighted by Gasteiger charge is 2.44. The van der Waals surface area contributed by atoms with Crippen LogP contribution in [0.15, 0.2) is 91.0 Å². The van der Waals surface area contributed by atoms with Crippen LogP contribution in [0.2, 0.25) is 0 Å². The summed E-state index contributed by atoms with van der Waals surface area (Å²) < 4.78 is 24.1. The average molecular weight is 1090 g/mol. The third-order valence-corrected chi connectivity index (χ3v) is 15.4. The molecule has 0 bridgehead atoms. The number of ether oxygens (including phenoxy) is 4. The fraction of sp³-hybridized carbons (Fsp3) is 0.414. The van der Waals surface area contributed by atoms with E-state index in [0.717, 1.165) is 52.7 Å². The highest BCUT2D eigenvalue weighted by atomic mass is 35.5. The molecular weight excluding hydrogens is 1020 g/mol. The summed E-state index contributed by atoms with van der Waals surface area (Å²) in [4.78, 5) is 90.0. The van der Waals surface area contributed by atoms with E-state index in [-0.39, 0.29) is 71.9 Å². The van der Waals surface area contributed by atoms with Crippen LogP contribution in [-0.2, 0) is 38.8 Å². The highest BCUT2D eigenvalue weighted by Crippen LogP contribution is 2.46. The number of hydrogen-bond donors (Lipinski definition) is 4. The van der Waals surface area contributed by atoms with Crippen molar-refractivity contribution in [2.24, 2.45) is 11.7 Å². The van der Waals surface area contributed by atoms with Crippen LogP contribution in [0.4, 0.5) is 26.7 Å². The van der Waals surface area contributed by atoms with Crippen LogP contribution in [-0.4, -0.2) is 139 Å². The largest absolute Gasteiger partial charge is 0.493 e. The second-order valence-electron chi connectivity index (χ2n) is 20.8. The summed E-state index contributed by atoms with van der Waals surface area (Å²) in [5, 5.41) is 19.0. The van der Waals surface area contributed by atoms with E-state index in [2.05, 4.69) is 15.5 Å². The molecule has 9 rings (SSSR count). The maximum absolute atomic E-state index is 14.4. The van der Waals surface area contributed by atoms with Crippen molar-refractivity contribution in [2.45, 2.75) is 89.9 Å². The normalized spacial score (nSPS) is 19.0. The van der Waals surface area contributed by atoms with Crippen molar-refractivity contribution in [3.05, 3.63) is 119 Å². The minimum absolute atomic E-state index is 0.00192. The van der Waals surface area contributed by atoms with Crippen molar-refractivity contribution in [3.63, 3.8) is 0 Å². The number of benzene rings is 5. The number of aliphatic hydroxyl groups is 1. The molecule has 78 heavy (non-hydrogen) atoms. The monoisotopic (exact) mass is 1090 g/mol. The molecule has 0 radical (unpaired) electrons. The third-order valence-electron chi connectivity index (χ3n) is 15.1. The number of nitrogens with one attached hydrogen (secondary N) is 2. The Morgan fingerprint density at radius 2 is 1.50 bits per heavy atom. The molecule has 4 heterocycles. The number of likely N-dealkylation sites (N-methyl/N-ethyl adjacent to an activating group) is 1. The third kappa shape index (κ3) is 11.8. The van der Waals surface area contributed by atoms with E-state index >= 15 is 0 Å². The molecule has 5 aromatic rings. The molecule has 0 saturated carbocycles. The maximum Gasteiger partial charge on any atom is 0.416 e. The van der Waals surface area contributed by atoms with Gasteiger partial charge in [0.1, 0.15) is 25.0 Å². The summed E-state index contributed by atoms with van der Waals surface area (Å²) in [6, 6.07) is 24.2. The van der Waals surface area contributed by atoms with E-state index in [1.54, 1.807) is 52.0 Å². The zero-order valence-electron chi connectivity index (χ0n) is 44.5. The van der Waals surface area contributed by atoms with Crippen LogP contribution in [0, 0.1) is 5.92 Å². The fourth-order valence-electron chi connectivity index (χ4n) is 10.5. The number of carbonyl (C=O) groups is 6. The number of nitrogens with zero attached hydrogens (tertiary/aromatic N) is 5. The molecule has 5 atom stereocenters. The van der Waals surface area contributed by atoms with Crippen LogP contribution in [0.5, 0.6) is 17.2 Å². The first-order valence-corrected chi connectivity index (χ1v) is 27.0. The molecule has 4 aliphatic rings. The number of nitrogens with two attached hydrogens (primary N) is 1. The van der Waals surface area contributed by atoms with Crippen LogP contribution >= 0.6 is 11.6 Å². The number of piperidine rings is 1. The van der Waals surface area contributed by atoms with Gasteiger partial charge in [0.15, 0.2) is 17.7 Å². The first kappa shape index (κ1) is 55.3. The Labute approximate surface area is 458 Å². The lowest BCUT2D eigenvalue weighted by Crippen LogP contribution is -2.55. The SMILES string of the molecule is COc1cc2c(cc1OCc1cccc(CC(=O)N3C[C@@H](CCl)c4c3cc(OC(=O)N3CCN(C)CC3)c3ccccc43)c1)N(C(=O)OCc1ccc(NC(=O)[C@H](C)NC(=O)[C@@H](N)C(C)C)cc1)C(O)[C@@H]1CCCCN1C2=O. The van der Waals surface area contributed by atoms with Gasteiger partial charge in [-0.05, 0) is 85.0 Å². The van der Waals surface area contributed by atoms with E-state index in [1.165, 1.54) is 19.2 Å². The number of methoxy groups -OCH3 is 1. The predicted molar refractivity (Wildman–Crippen MR) is 295 cm³/mol. The molecule has 6 amide bonds. The van der Waals surface area contributed by atoms with Crippen molar-refractivity contribution in [1.29, 1.82) is 0 Å². The van der Waals surface area contributed by atoms with Crippen LogP contribution in [0.1, 0.15) is 78.6 Å². The minimum Gasteiger partial charge on any atom is -0.493 e. The Hall–Kier alpha value is -7.45. The number of anilines is 3. The lowest BCUT2D eigenvalue weighted by Gasteiger charge is -2.38. The molecular formula is C58H67ClN8O11. The van der Waals surface area contributed by atoms with Crippen molar-refractivity contribution in [3.8, 4) is 17.2 Å². The molecule has 0 aliphatic carbocycles. The number of amides is 6. The zero-order valence-corrected chi connectivity index (χ0v) is 45.3. The summed E-state index contributed by atoms with van der Waals surface area (Å²) in [5.41, 5.74) is 10.1. The molecule has 1 unspecified atom stereocenters. The number of halogens is 1. The predicted octanol–water partition coefficient (Wildman–Crippen LogP) is 6.98. The smallest absolute Gasteiger partial charge is 0.416 e. The van der Waals surface area contributed by atoms with Gasteiger partial charge < -0.3 is 60.0 Å². The average Bonchev–Trinajstić information content (AvgIpc) is 4.03. The summed E-state index contributed by atoms with van der Waals surface area (Å²) in [6.45, 7) is 8.29. The summed E-state index contributed by atoms with van der Waals surface area (Å²) in [6.07, 6.45) is -0.874. The van der Waals surface area contributed by atoms with Crippen molar-refractivity contribution >= 4 is 75.3 Å². The Balaban J connectivity index is 0.903. The van der Waals surface area contributed by atoms with Gasteiger partial charge >= 0.3 is 12.2 Å². The Morgan fingerprint density at radius 1 is 0.782 bits per heavy atom. The van der Waals surface area contributed by atoms with E-state index in [4.69, 9.17) is 36.3 Å². The summed E-state index contributed by atoms with van der Waals surface area (Å²) in [5.74, 6) is -0.632. The van der Waals surface area contributed by atoms with Crippen molar-refractivity contribution < 1.29 is 52.8 Å². The molecule has 4 aliphatic heterocycles. The lowest BCUT2D eigenvalue weighted by atomic mass is 9.95. The quantitative estimate of drug-likeness (QED) is 0.0778. The van der Waals surface area contributed by atoms with Gasteiger partial charge in [-0.3, -0.25) is 19.2 Å². The second-order valence-corrected chi connectivity index (χ2v) is 21.1. The van der Waals surface area contributed by atoms with Gasteiger partial charge in [0, 0.05) is 74.3 Å². The lowest BCUT2D eigenvalue weighted by molar-refractivity contribution is -0.127. The van der Waals surface area contributed by atoms with Crippen LogP contribution < -0.4 is 40.4 Å². The van der Waals surface area contributed by atoms with Crippen LogP contribution in [0.3, 0.4) is 0 Å². The van der Waals surface area contributed by atoms with E-state index < -0.39 is 48.4 Å². The van der Waals surface area contributed by atoms with Gasteiger partial charge in [-0.15, -0.1) is 11.6 Å². The van der Waals surface area contributed by atoms with E-state index in [0.29, 0.717) is 60.9 Å². The summed E-state index contributed by atoms with van der Waals surface area (Å²) in [7, 11) is 3.46. The first-order chi connectivity index (χ1) is 37.5. The number of piperazine rings is 1. The van der Waals surface area contributed by atoms with E-state index in [9.17, 15) is 33.9 Å². The summed E-state index contributed by atoms with van der Waals surface area (Å²) >= 11 is 6.59. The highest BCUT2D eigenvalue weighted by molar-refractivity contribution is 6.19. The molecule has 5 aromatic carbocycles. The molecule has 20 heteroatoms. The van der Waals surface area contributed by atoms with Crippen molar-refractivity contribution in [2.75, 3.05) is 74.4 Å². The number of alkyl halides is 1. The maximum atomic E-state index is 14.4. The number of carbonyl (C=O) groups excluding carboxylic acids is 6. The van der Waals surface area contributed by atoms with Gasteiger partial charge in [0.05, 0.1) is 42.6 Å². The molecule has 2 fully saturated rings. The van der Waals surface area contributed by atoms with Crippen molar-refractivity contribution in [1.82, 2.24) is 20.0 Å². The zero-order chi connectivity index (χ0) is 55.4. The molecule has 19 nitrogen and oxygen atoms in total. The number of hydrogen-bond acceptors (Lipinski definition) is 13. The van der Waals surface area contributed by atoms with Crippen LogP contribution in [0.25, 0.3) is 10.8 Å². The standard InChI is InChI=1S/C58H67ClN8O11/c1-34(2)52(60)54(70)61-35(3)53(69)62-40-18-16-36(17-19-40)32-77-58(74)67-45-28-49(48(75-5)27-43(45)55(71)65-20-9-8-15-44(65)56(67)72)76-33-38-12-10-11-37(25-38)26-50(68)66-31-39(30-59)51-42-14-7-6-13-41(42)47(29-46(51)66)78-57(73)64-23-21-63(4)22-24-64/h6-7,10-14,16-19,25,27-29,34-35,39,44,52,56,72H,8-9,15,20-24,26,30-33,60H2,1-5H3,(H,61,70)(H,62,69)/t35-,39+,44-,52-,56?/m0/s1. The van der Waals surface area contributed by atoms with E-state index in [1.807, 2.05) is 69.4 Å². The number of rotatable bonds is 15. The Morgan fingerprint density at radius 3 is 2.22 bits per heavy atom. The topological polar surface area (TPSA) is 226 Å². The van der Waals surface area contributed by atoms with Gasteiger partial charge in [0.2, 0.25) is 17.7 Å². The minimum atomic E-state index is -1.47. The Bertz CT molecular complexity index is 3080. The molecule has 412 valence electrons. The molecule has 0 spiro atoms. The van der Waals surface area contributed by atoms with Gasteiger partial charge in [-0.1, -0.05) is 74.5 Å². The number of fused-ring (bicyclic) bond motifs is 5. The first-order valence-electron chi connectivity index (χ1n) is 26.4. The number of aliphatic hydroxyl groups excluding tert-OH is 1. The molecule has 5 N–H and O–H groups in total. The Kier molecular flexibility index (Phi) is 17.1. The second kappa shape index (κ2) is 24.1. The molecule has 0 aromatic heterocycles. The van der Waals surface area contributed by atoms with Gasteiger partial charge in [-0.2, -0.15) is 0 Å². The van der Waals surface area contributed by atoms with Gasteiger partial charge in [-0.25, -0.2) is 14.5 Å². The molecule has 2 saturated heterocycles. The fourth-order valence-corrected chi connectivity index (χ4v) is 10.7. The van der Waals surface area contributed by atoms with Gasteiger partial charge in [0.25, 0.3) is 5.91 Å².